The van der Waals surface area contributed by atoms with Gasteiger partial charge in [-0.1, -0.05) is 0 Å². The SMILES string of the molecule is C[N+](C)(C)CCOC(=O)n1ccnc1. The van der Waals surface area contributed by atoms with Crippen molar-refractivity contribution in [2.75, 3.05) is 34.3 Å². The lowest BCUT2D eigenvalue weighted by atomic mass is 10.5. The third-order valence-corrected chi connectivity index (χ3v) is 1.70. The van der Waals surface area contributed by atoms with Gasteiger partial charge in [-0.2, -0.15) is 0 Å². The molecule has 1 aromatic heterocycles. The predicted octanol–water partition coefficient (Wildman–Crippen LogP) is 0.574. The van der Waals surface area contributed by atoms with Crippen molar-refractivity contribution in [3.8, 4) is 0 Å². The van der Waals surface area contributed by atoms with Gasteiger partial charge in [0, 0.05) is 12.4 Å². The van der Waals surface area contributed by atoms with Crippen LogP contribution in [0.2, 0.25) is 0 Å². The topological polar surface area (TPSA) is 44.1 Å². The van der Waals surface area contributed by atoms with Crippen molar-refractivity contribution in [1.82, 2.24) is 9.55 Å². The molecule has 0 atom stereocenters. The van der Waals surface area contributed by atoms with E-state index in [2.05, 4.69) is 4.98 Å². The fourth-order valence-corrected chi connectivity index (χ4v) is 0.848. The van der Waals surface area contributed by atoms with Crippen molar-refractivity contribution in [2.45, 2.75) is 0 Å². The summed E-state index contributed by atoms with van der Waals surface area (Å²) in [7, 11) is 6.14. The van der Waals surface area contributed by atoms with Gasteiger partial charge in [-0.3, -0.25) is 0 Å². The third kappa shape index (κ3) is 3.57. The van der Waals surface area contributed by atoms with E-state index in [4.69, 9.17) is 4.74 Å². The highest BCUT2D eigenvalue weighted by Crippen LogP contribution is 1.93. The van der Waals surface area contributed by atoms with Gasteiger partial charge in [0.05, 0.1) is 21.1 Å². The van der Waals surface area contributed by atoms with Crippen LogP contribution in [-0.2, 0) is 4.74 Å². The summed E-state index contributed by atoms with van der Waals surface area (Å²) >= 11 is 0. The Hall–Kier alpha value is -1.36. The molecule has 1 aromatic rings. The molecule has 1 heterocycles. The summed E-state index contributed by atoms with van der Waals surface area (Å²) in [6.45, 7) is 1.21. The minimum absolute atomic E-state index is 0.379. The predicted molar refractivity (Wildman–Crippen MR) is 51.9 cm³/mol. The number of aromatic nitrogens is 2. The first-order valence-corrected chi connectivity index (χ1v) is 4.44. The summed E-state index contributed by atoms with van der Waals surface area (Å²) in [5.74, 6) is 0. The second kappa shape index (κ2) is 4.23. The lowest BCUT2D eigenvalue weighted by molar-refractivity contribution is -0.870. The van der Waals surface area contributed by atoms with Gasteiger partial charge in [0.2, 0.25) is 0 Å². The number of nitrogens with zero attached hydrogens (tertiary/aromatic N) is 3. The second-order valence-corrected chi connectivity index (χ2v) is 4.10. The standard InChI is InChI=1S/C9H16N3O2/c1-12(2,3)6-7-14-9(13)11-5-4-10-8-11/h4-5,8H,6-7H2,1-3H3/q+1. The number of hydrogen-bond donors (Lipinski definition) is 0. The zero-order valence-electron chi connectivity index (χ0n) is 8.80. The van der Waals surface area contributed by atoms with Crippen molar-refractivity contribution in [2.24, 2.45) is 0 Å². The van der Waals surface area contributed by atoms with Crippen LogP contribution in [0.1, 0.15) is 0 Å². The summed E-state index contributed by atoms with van der Waals surface area (Å²) in [6, 6.07) is 0. The first kappa shape index (κ1) is 10.7. The van der Waals surface area contributed by atoms with E-state index in [-0.39, 0.29) is 6.09 Å². The maximum atomic E-state index is 11.3. The van der Waals surface area contributed by atoms with Crippen molar-refractivity contribution < 1.29 is 14.0 Å². The number of quaternary nitrogens is 1. The first-order chi connectivity index (χ1) is 6.49. The van der Waals surface area contributed by atoms with Gasteiger partial charge >= 0.3 is 6.09 Å². The highest BCUT2D eigenvalue weighted by Gasteiger charge is 2.09. The van der Waals surface area contributed by atoms with Crippen LogP contribution in [0.4, 0.5) is 4.79 Å². The quantitative estimate of drug-likeness (QED) is 0.667. The molecular formula is C9H16N3O2+. The molecule has 0 saturated carbocycles. The van der Waals surface area contributed by atoms with Crippen LogP contribution in [-0.4, -0.2) is 54.4 Å². The van der Waals surface area contributed by atoms with Gasteiger partial charge in [-0.05, 0) is 0 Å². The van der Waals surface area contributed by atoms with Crippen molar-refractivity contribution in [1.29, 1.82) is 0 Å². The summed E-state index contributed by atoms with van der Waals surface area (Å²) < 4.78 is 7.12. The van der Waals surface area contributed by atoms with Crippen molar-refractivity contribution >= 4 is 6.09 Å². The van der Waals surface area contributed by atoms with Gasteiger partial charge in [-0.15, -0.1) is 0 Å². The van der Waals surface area contributed by atoms with Crippen LogP contribution in [0.25, 0.3) is 0 Å². The average Bonchev–Trinajstić information content (AvgIpc) is 2.53. The molecule has 1 rings (SSSR count). The summed E-state index contributed by atoms with van der Waals surface area (Å²) in [5, 5.41) is 0. The molecule has 0 aliphatic heterocycles. The first-order valence-electron chi connectivity index (χ1n) is 4.44. The number of likely N-dealkylation sites (N-methyl/N-ethyl adjacent to an activating group) is 1. The molecule has 0 saturated heterocycles. The van der Waals surface area contributed by atoms with Gasteiger partial charge in [0.25, 0.3) is 0 Å². The fraction of sp³-hybridized carbons (Fsp3) is 0.556. The molecule has 0 aliphatic rings. The van der Waals surface area contributed by atoms with E-state index in [0.717, 1.165) is 11.0 Å². The van der Waals surface area contributed by atoms with Gasteiger partial charge in [0.15, 0.2) is 0 Å². The van der Waals surface area contributed by atoms with E-state index in [0.29, 0.717) is 6.61 Å². The van der Waals surface area contributed by atoms with Gasteiger partial charge in [0.1, 0.15) is 19.5 Å². The van der Waals surface area contributed by atoms with E-state index < -0.39 is 0 Å². The Kier molecular flexibility index (Phi) is 3.24. The minimum Gasteiger partial charge on any atom is -0.443 e. The summed E-state index contributed by atoms with van der Waals surface area (Å²) in [4.78, 5) is 15.0. The molecular weight excluding hydrogens is 182 g/mol. The molecule has 14 heavy (non-hydrogen) atoms. The Morgan fingerprint density at radius 2 is 2.21 bits per heavy atom. The molecule has 0 aliphatic carbocycles. The molecule has 5 heteroatoms. The molecule has 0 unspecified atom stereocenters. The van der Waals surface area contributed by atoms with Crippen LogP contribution in [0.5, 0.6) is 0 Å². The number of rotatable bonds is 3. The Morgan fingerprint density at radius 1 is 1.50 bits per heavy atom. The average molecular weight is 198 g/mol. The number of ether oxygens (including phenoxy) is 1. The van der Waals surface area contributed by atoms with Crippen molar-refractivity contribution in [3.63, 3.8) is 0 Å². The normalized spacial score (nSPS) is 11.4. The molecule has 78 valence electrons. The molecule has 0 spiro atoms. The van der Waals surface area contributed by atoms with E-state index >= 15 is 0 Å². The molecule has 0 radical (unpaired) electrons. The Balaban J connectivity index is 2.30. The zero-order valence-corrected chi connectivity index (χ0v) is 8.80. The lowest BCUT2D eigenvalue weighted by Crippen LogP contribution is -2.38. The van der Waals surface area contributed by atoms with E-state index in [1.165, 1.54) is 10.9 Å². The number of carbonyl (C=O) groups is 1. The molecule has 0 aromatic carbocycles. The molecule has 5 nitrogen and oxygen atoms in total. The third-order valence-electron chi connectivity index (χ3n) is 1.70. The van der Waals surface area contributed by atoms with Crippen LogP contribution in [0.15, 0.2) is 18.7 Å². The van der Waals surface area contributed by atoms with Crippen LogP contribution >= 0.6 is 0 Å². The van der Waals surface area contributed by atoms with E-state index in [1.807, 2.05) is 21.1 Å². The highest BCUT2D eigenvalue weighted by atomic mass is 16.5. The highest BCUT2D eigenvalue weighted by molar-refractivity contribution is 5.69. The van der Waals surface area contributed by atoms with Crippen LogP contribution in [0.3, 0.4) is 0 Å². The van der Waals surface area contributed by atoms with Gasteiger partial charge in [-0.25, -0.2) is 14.3 Å². The minimum atomic E-state index is -0.379. The largest absolute Gasteiger partial charge is 0.443 e. The maximum absolute atomic E-state index is 11.3. The molecule has 0 bridgehead atoms. The smallest absolute Gasteiger partial charge is 0.419 e. The monoisotopic (exact) mass is 198 g/mol. The van der Waals surface area contributed by atoms with Crippen molar-refractivity contribution in [3.05, 3.63) is 18.7 Å². The van der Waals surface area contributed by atoms with Crippen LogP contribution < -0.4 is 0 Å². The zero-order chi connectivity index (χ0) is 10.6. The Bertz CT molecular complexity index is 288. The Morgan fingerprint density at radius 3 is 2.71 bits per heavy atom. The fourth-order valence-electron chi connectivity index (χ4n) is 0.848. The number of hydrogen-bond acceptors (Lipinski definition) is 3. The van der Waals surface area contributed by atoms with Crippen LogP contribution in [0, 0.1) is 0 Å². The molecule has 0 N–H and O–H groups in total. The second-order valence-electron chi connectivity index (χ2n) is 4.10. The van der Waals surface area contributed by atoms with E-state index in [1.54, 1.807) is 12.4 Å². The van der Waals surface area contributed by atoms with Gasteiger partial charge < -0.3 is 9.22 Å². The molecule has 0 fully saturated rings. The van der Waals surface area contributed by atoms with E-state index in [9.17, 15) is 4.79 Å². The maximum Gasteiger partial charge on any atom is 0.419 e. The molecule has 0 amide bonds. The summed E-state index contributed by atoms with van der Waals surface area (Å²) in [5.41, 5.74) is 0. The number of carbonyl (C=O) groups excluding carboxylic acids is 1. The Labute approximate surface area is 83.5 Å². The summed E-state index contributed by atoms with van der Waals surface area (Å²) in [6.07, 6.45) is 4.15. The lowest BCUT2D eigenvalue weighted by Gasteiger charge is -2.23. The number of imidazole rings is 1.